The van der Waals surface area contributed by atoms with Gasteiger partial charge in [-0.25, -0.2) is 12.8 Å². The topological polar surface area (TPSA) is 49.4 Å². The molecule has 3 rings (SSSR count). The number of hydrogen-bond donors (Lipinski definition) is 1. The Morgan fingerprint density at radius 1 is 0.960 bits per heavy atom. The molecule has 2 aromatic carbocycles. The van der Waals surface area contributed by atoms with E-state index in [0.29, 0.717) is 5.69 Å². The maximum Gasteiger partial charge on any atom is 0.261 e. The third-order valence-electron chi connectivity index (χ3n) is 4.69. The minimum absolute atomic E-state index is 0.185. The fraction of sp³-hybridized carbons (Fsp3) is 0.368. The number of halogens is 1. The van der Waals surface area contributed by atoms with Crippen molar-refractivity contribution < 1.29 is 12.8 Å². The van der Waals surface area contributed by atoms with Gasteiger partial charge >= 0.3 is 0 Å². The summed E-state index contributed by atoms with van der Waals surface area (Å²) in [4.78, 5) is 2.30. The molecule has 0 spiro atoms. The van der Waals surface area contributed by atoms with Gasteiger partial charge in [0, 0.05) is 19.2 Å². The van der Waals surface area contributed by atoms with Gasteiger partial charge in [-0.1, -0.05) is 6.07 Å². The van der Waals surface area contributed by atoms with Crippen LogP contribution >= 0.6 is 0 Å². The lowest BCUT2D eigenvalue weighted by Crippen LogP contribution is -2.30. The van der Waals surface area contributed by atoms with Crippen LogP contribution in [0.3, 0.4) is 0 Å². The molecule has 1 fully saturated rings. The van der Waals surface area contributed by atoms with Gasteiger partial charge in [-0.3, -0.25) is 4.72 Å². The van der Waals surface area contributed by atoms with Crippen LogP contribution in [-0.4, -0.2) is 21.5 Å². The maximum atomic E-state index is 13.8. The second-order valence-electron chi connectivity index (χ2n) is 6.56. The fourth-order valence-electron chi connectivity index (χ4n) is 3.09. The van der Waals surface area contributed by atoms with Crippen molar-refractivity contribution in [2.45, 2.75) is 38.0 Å². The molecule has 1 aliphatic heterocycles. The summed E-state index contributed by atoms with van der Waals surface area (Å²) >= 11 is 0. The van der Waals surface area contributed by atoms with E-state index < -0.39 is 15.8 Å². The average molecular weight is 362 g/mol. The van der Waals surface area contributed by atoms with Crippen molar-refractivity contribution in [2.75, 3.05) is 22.7 Å². The Bertz CT molecular complexity index is 875. The van der Waals surface area contributed by atoms with E-state index in [1.165, 1.54) is 18.6 Å². The van der Waals surface area contributed by atoms with E-state index in [2.05, 4.69) is 9.62 Å². The highest BCUT2D eigenvalue weighted by Gasteiger charge is 2.20. The lowest BCUT2D eigenvalue weighted by Gasteiger charge is -2.30. The molecule has 1 saturated heterocycles. The zero-order valence-electron chi connectivity index (χ0n) is 14.5. The highest BCUT2D eigenvalue weighted by atomic mass is 32.2. The molecule has 134 valence electrons. The van der Waals surface area contributed by atoms with Crippen LogP contribution in [0.1, 0.15) is 30.4 Å². The van der Waals surface area contributed by atoms with Crippen LogP contribution in [0, 0.1) is 19.7 Å². The van der Waals surface area contributed by atoms with Crippen molar-refractivity contribution in [1.29, 1.82) is 0 Å². The molecule has 0 aromatic heterocycles. The zero-order chi connectivity index (χ0) is 18.0. The predicted octanol–water partition coefficient (Wildman–Crippen LogP) is 4.23. The lowest BCUT2D eigenvalue weighted by molar-refractivity contribution is 0.577. The minimum Gasteiger partial charge on any atom is -0.370 e. The first-order valence-corrected chi connectivity index (χ1v) is 10.00. The molecule has 0 aliphatic carbocycles. The van der Waals surface area contributed by atoms with Crippen molar-refractivity contribution >= 4 is 21.4 Å². The van der Waals surface area contributed by atoms with Gasteiger partial charge in [0.05, 0.1) is 16.3 Å². The van der Waals surface area contributed by atoms with Crippen molar-refractivity contribution in [3.05, 3.63) is 53.3 Å². The molecule has 0 unspecified atom stereocenters. The van der Waals surface area contributed by atoms with E-state index >= 15 is 0 Å². The molecule has 0 bridgehead atoms. The monoisotopic (exact) mass is 362 g/mol. The second kappa shape index (κ2) is 7.04. The highest BCUT2D eigenvalue weighted by Crippen LogP contribution is 2.31. The van der Waals surface area contributed by atoms with Crippen molar-refractivity contribution in [2.24, 2.45) is 0 Å². The van der Waals surface area contributed by atoms with Gasteiger partial charge in [0.2, 0.25) is 0 Å². The number of piperidine rings is 1. The molecule has 0 amide bonds. The number of benzene rings is 2. The van der Waals surface area contributed by atoms with Crippen molar-refractivity contribution in [3.63, 3.8) is 0 Å². The maximum absolute atomic E-state index is 13.8. The Labute approximate surface area is 148 Å². The van der Waals surface area contributed by atoms with Gasteiger partial charge < -0.3 is 4.90 Å². The Morgan fingerprint density at radius 3 is 2.36 bits per heavy atom. The van der Waals surface area contributed by atoms with E-state index in [4.69, 9.17) is 0 Å². The number of nitrogens with one attached hydrogen (secondary N) is 1. The number of nitrogens with zero attached hydrogens (tertiary/aromatic N) is 1. The standard InChI is InChI=1S/C19H23FN2O2S/c1-14-6-8-17(12-15(14)2)25(23,24)21-18-13-16(20)7-9-19(18)22-10-4-3-5-11-22/h6-9,12-13,21H,3-5,10-11H2,1-2H3. The minimum atomic E-state index is -3.77. The summed E-state index contributed by atoms with van der Waals surface area (Å²) in [6, 6.07) is 9.27. The quantitative estimate of drug-likeness (QED) is 0.885. The molecule has 0 saturated carbocycles. The van der Waals surface area contributed by atoms with E-state index in [-0.39, 0.29) is 4.90 Å². The van der Waals surface area contributed by atoms with Gasteiger partial charge in [-0.2, -0.15) is 0 Å². The van der Waals surface area contributed by atoms with Crippen molar-refractivity contribution in [3.8, 4) is 0 Å². The molecule has 0 radical (unpaired) electrons. The van der Waals surface area contributed by atoms with E-state index in [1.54, 1.807) is 24.3 Å². The van der Waals surface area contributed by atoms with Gasteiger partial charge in [0.25, 0.3) is 10.0 Å². The van der Waals surface area contributed by atoms with Crippen LogP contribution in [-0.2, 0) is 10.0 Å². The summed E-state index contributed by atoms with van der Waals surface area (Å²) in [7, 11) is -3.77. The molecular weight excluding hydrogens is 339 g/mol. The molecule has 2 aromatic rings. The summed E-state index contributed by atoms with van der Waals surface area (Å²) in [6.07, 6.45) is 3.28. The van der Waals surface area contributed by atoms with Gasteiger partial charge in [0.1, 0.15) is 5.82 Å². The zero-order valence-corrected chi connectivity index (χ0v) is 15.4. The largest absolute Gasteiger partial charge is 0.370 e. The molecule has 1 heterocycles. The van der Waals surface area contributed by atoms with E-state index in [1.807, 2.05) is 13.8 Å². The van der Waals surface area contributed by atoms with Crippen LogP contribution in [0.15, 0.2) is 41.3 Å². The normalized spacial score (nSPS) is 15.2. The third kappa shape index (κ3) is 3.95. The number of aryl methyl sites for hydroxylation is 2. The lowest BCUT2D eigenvalue weighted by atomic mass is 10.1. The van der Waals surface area contributed by atoms with Gasteiger partial charge in [0.15, 0.2) is 0 Å². The number of rotatable bonds is 4. The van der Waals surface area contributed by atoms with Crippen LogP contribution in [0.25, 0.3) is 0 Å². The first-order valence-electron chi connectivity index (χ1n) is 8.51. The predicted molar refractivity (Wildman–Crippen MR) is 99.2 cm³/mol. The average Bonchev–Trinajstić information content (AvgIpc) is 2.58. The number of anilines is 2. The Hall–Kier alpha value is -2.08. The van der Waals surface area contributed by atoms with Crippen LogP contribution in [0.4, 0.5) is 15.8 Å². The van der Waals surface area contributed by atoms with Crippen LogP contribution in [0.2, 0.25) is 0 Å². The van der Waals surface area contributed by atoms with Crippen LogP contribution < -0.4 is 9.62 Å². The molecule has 0 atom stereocenters. The van der Waals surface area contributed by atoms with Crippen LogP contribution in [0.5, 0.6) is 0 Å². The second-order valence-corrected chi connectivity index (χ2v) is 8.24. The SMILES string of the molecule is Cc1ccc(S(=O)(=O)Nc2cc(F)ccc2N2CCCCC2)cc1C. The molecule has 25 heavy (non-hydrogen) atoms. The van der Waals surface area contributed by atoms with Gasteiger partial charge in [-0.05, 0) is 68.5 Å². The summed E-state index contributed by atoms with van der Waals surface area (Å²) in [5, 5.41) is 0. The highest BCUT2D eigenvalue weighted by molar-refractivity contribution is 7.92. The number of hydrogen-bond acceptors (Lipinski definition) is 3. The molecular formula is C19H23FN2O2S. The Balaban J connectivity index is 1.95. The smallest absolute Gasteiger partial charge is 0.261 e. The summed E-state index contributed by atoms with van der Waals surface area (Å²) < 4.78 is 41.9. The number of sulfonamides is 1. The first-order chi connectivity index (χ1) is 11.9. The van der Waals surface area contributed by atoms with Gasteiger partial charge in [-0.15, -0.1) is 0 Å². The van der Waals surface area contributed by atoms with Crippen molar-refractivity contribution in [1.82, 2.24) is 0 Å². The summed E-state index contributed by atoms with van der Waals surface area (Å²) in [5.41, 5.74) is 2.95. The van der Waals surface area contributed by atoms with E-state index in [0.717, 1.165) is 42.7 Å². The Kier molecular flexibility index (Phi) is 4.99. The summed E-state index contributed by atoms with van der Waals surface area (Å²) in [5.74, 6) is -0.460. The Morgan fingerprint density at radius 2 is 1.68 bits per heavy atom. The fourth-order valence-corrected chi connectivity index (χ4v) is 4.24. The third-order valence-corrected chi connectivity index (χ3v) is 6.05. The molecule has 6 heteroatoms. The molecule has 1 N–H and O–H groups in total. The molecule has 4 nitrogen and oxygen atoms in total. The summed E-state index contributed by atoms with van der Waals surface area (Å²) in [6.45, 7) is 5.50. The first kappa shape index (κ1) is 17.7. The van der Waals surface area contributed by atoms with E-state index in [9.17, 15) is 12.8 Å². The molecule has 1 aliphatic rings.